The van der Waals surface area contributed by atoms with Gasteiger partial charge in [0, 0.05) is 25.7 Å². The number of rotatable bonds is 5. The highest BCUT2D eigenvalue weighted by Gasteiger charge is 2.19. The van der Waals surface area contributed by atoms with Gasteiger partial charge in [0.05, 0.1) is 24.2 Å². The van der Waals surface area contributed by atoms with E-state index in [9.17, 15) is 4.79 Å². The second-order valence-corrected chi connectivity index (χ2v) is 6.03. The Labute approximate surface area is 160 Å². The number of aromatic nitrogens is 5. The molecule has 2 heterocycles. The highest BCUT2D eigenvalue weighted by atomic mass is 35.5. The van der Waals surface area contributed by atoms with Crippen LogP contribution >= 0.6 is 11.6 Å². The zero-order chi connectivity index (χ0) is 19.6. The summed E-state index contributed by atoms with van der Waals surface area (Å²) in [4.78, 5) is 13.6. The van der Waals surface area contributed by atoms with E-state index >= 15 is 0 Å². The summed E-state index contributed by atoms with van der Waals surface area (Å²) >= 11 is 5.96. The van der Waals surface area contributed by atoms with Crippen LogP contribution in [0.1, 0.15) is 16.2 Å². The van der Waals surface area contributed by atoms with Gasteiger partial charge in [0.25, 0.3) is 5.91 Å². The van der Waals surface area contributed by atoms with Crippen molar-refractivity contribution in [3.8, 4) is 17.0 Å². The number of nitrogens with zero attached hydrogens (tertiary/aromatic N) is 5. The molecule has 1 aromatic carbocycles. The lowest BCUT2D eigenvalue weighted by Gasteiger charge is -2.15. The third-order valence-corrected chi connectivity index (χ3v) is 4.02. The molecule has 10 heteroatoms. The van der Waals surface area contributed by atoms with Crippen LogP contribution in [0.5, 0.6) is 5.75 Å². The molecule has 1 amide bonds. The van der Waals surface area contributed by atoms with Crippen molar-refractivity contribution in [3.05, 3.63) is 40.8 Å². The maximum absolute atomic E-state index is 12.1. The van der Waals surface area contributed by atoms with Crippen LogP contribution in [-0.4, -0.2) is 45.3 Å². The smallest absolute Gasteiger partial charge is 0.273 e. The van der Waals surface area contributed by atoms with Crippen LogP contribution in [0.25, 0.3) is 11.3 Å². The lowest BCUT2D eigenvalue weighted by Crippen LogP contribution is -2.21. The molecular formula is C17H18ClN7O2. The van der Waals surface area contributed by atoms with Gasteiger partial charge < -0.3 is 15.4 Å². The Morgan fingerprint density at radius 3 is 2.63 bits per heavy atom. The summed E-state index contributed by atoms with van der Waals surface area (Å²) in [6.07, 6.45) is 0. The Kier molecular flexibility index (Phi) is 5.22. The summed E-state index contributed by atoms with van der Waals surface area (Å²) < 4.78 is 5.62. The number of hydrogen-bond donors (Lipinski definition) is 2. The molecule has 3 aromatic rings. The molecule has 2 aromatic heterocycles. The molecule has 2 N–H and O–H groups in total. The molecule has 0 aliphatic carbocycles. The van der Waals surface area contributed by atoms with E-state index in [-0.39, 0.29) is 16.8 Å². The number of hydrogen-bond acceptors (Lipinski definition) is 7. The average Bonchev–Trinajstić information content (AvgIpc) is 2.99. The topological polar surface area (TPSA) is 107 Å². The summed E-state index contributed by atoms with van der Waals surface area (Å²) in [7, 11) is 4.83. The van der Waals surface area contributed by atoms with E-state index in [4.69, 9.17) is 16.3 Å². The van der Waals surface area contributed by atoms with Crippen molar-refractivity contribution in [3.63, 3.8) is 0 Å². The van der Waals surface area contributed by atoms with E-state index in [0.29, 0.717) is 22.8 Å². The molecule has 0 atom stereocenters. The molecule has 27 heavy (non-hydrogen) atoms. The number of aryl methyl sites for hydroxylation is 2. The van der Waals surface area contributed by atoms with Gasteiger partial charge in [0.15, 0.2) is 16.6 Å². The number of halogens is 1. The zero-order valence-electron chi connectivity index (χ0n) is 15.2. The molecule has 0 aliphatic rings. The first-order valence-corrected chi connectivity index (χ1v) is 8.40. The molecule has 9 nitrogen and oxygen atoms in total. The van der Waals surface area contributed by atoms with E-state index < -0.39 is 0 Å². The van der Waals surface area contributed by atoms with Crippen LogP contribution in [0.2, 0.25) is 5.15 Å². The van der Waals surface area contributed by atoms with Crippen molar-refractivity contribution in [1.29, 1.82) is 0 Å². The Hall–Kier alpha value is -3.20. The van der Waals surface area contributed by atoms with Gasteiger partial charge in [0.2, 0.25) is 0 Å². The van der Waals surface area contributed by atoms with Gasteiger partial charge in [-0.15, -0.1) is 10.2 Å². The predicted molar refractivity (Wildman–Crippen MR) is 101 cm³/mol. The summed E-state index contributed by atoms with van der Waals surface area (Å²) in [6.45, 7) is 1.87. The minimum absolute atomic E-state index is 0.116. The Bertz CT molecular complexity index is 1000. The van der Waals surface area contributed by atoms with Crippen molar-refractivity contribution in [2.24, 2.45) is 7.05 Å². The summed E-state index contributed by atoms with van der Waals surface area (Å²) in [5, 5.41) is 22.1. The van der Waals surface area contributed by atoms with Crippen LogP contribution in [0.3, 0.4) is 0 Å². The van der Waals surface area contributed by atoms with Crippen molar-refractivity contribution in [2.75, 3.05) is 19.5 Å². The van der Waals surface area contributed by atoms with Gasteiger partial charge in [0.1, 0.15) is 5.69 Å². The van der Waals surface area contributed by atoms with Gasteiger partial charge in [-0.1, -0.05) is 17.7 Å². The number of carbonyl (C=O) groups excluding carboxylic acids is 1. The lowest BCUT2D eigenvalue weighted by atomic mass is 10.1. The first-order valence-electron chi connectivity index (χ1n) is 8.02. The van der Waals surface area contributed by atoms with Crippen LogP contribution in [-0.2, 0) is 7.05 Å². The fourth-order valence-electron chi connectivity index (χ4n) is 2.69. The second kappa shape index (κ2) is 7.58. The minimum atomic E-state index is -0.387. The number of benzene rings is 1. The second-order valence-electron chi connectivity index (χ2n) is 5.64. The predicted octanol–water partition coefficient (Wildman–Crippen LogP) is 2.35. The molecule has 0 radical (unpaired) electrons. The van der Waals surface area contributed by atoms with Crippen molar-refractivity contribution in [2.45, 2.75) is 6.92 Å². The van der Waals surface area contributed by atoms with Crippen molar-refractivity contribution >= 4 is 28.9 Å². The lowest BCUT2D eigenvalue weighted by molar-refractivity contribution is 0.0958. The van der Waals surface area contributed by atoms with Gasteiger partial charge in [-0.05, 0) is 19.1 Å². The average molecular weight is 388 g/mol. The number of methoxy groups -OCH3 is 1. The molecule has 0 saturated heterocycles. The van der Waals surface area contributed by atoms with Crippen molar-refractivity contribution in [1.82, 2.24) is 30.5 Å². The fourth-order valence-corrected chi connectivity index (χ4v) is 2.84. The number of nitrogens with one attached hydrogen (secondary N) is 2. The van der Waals surface area contributed by atoms with Gasteiger partial charge in [-0.25, -0.2) is 0 Å². The minimum Gasteiger partial charge on any atom is -0.494 e. The molecule has 140 valence electrons. The van der Waals surface area contributed by atoms with Crippen LogP contribution in [0.4, 0.5) is 11.4 Å². The summed E-state index contributed by atoms with van der Waals surface area (Å²) in [6, 6.07) is 7.08. The maximum atomic E-state index is 12.1. The van der Waals surface area contributed by atoms with E-state index in [1.165, 1.54) is 17.9 Å². The largest absolute Gasteiger partial charge is 0.494 e. The number of para-hydroxylation sites is 1. The Balaban J connectivity index is 2.09. The highest BCUT2D eigenvalue weighted by Crippen LogP contribution is 2.38. The van der Waals surface area contributed by atoms with Gasteiger partial charge in [-0.3, -0.25) is 4.79 Å². The van der Waals surface area contributed by atoms with Gasteiger partial charge in [-0.2, -0.15) is 15.0 Å². The third kappa shape index (κ3) is 3.68. The zero-order valence-corrected chi connectivity index (χ0v) is 16.0. The van der Waals surface area contributed by atoms with Crippen LogP contribution in [0.15, 0.2) is 24.3 Å². The van der Waals surface area contributed by atoms with Crippen LogP contribution in [0, 0.1) is 6.92 Å². The summed E-state index contributed by atoms with van der Waals surface area (Å²) in [5.74, 6) is 0.165. The maximum Gasteiger partial charge on any atom is 0.273 e. The number of anilines is 2. The number of ether oxygens (including phenoxy) is 1. The van der Waals surface area contributed by atoms with Crippen LogP contribution < -0.4 is 15.4 Å². The first kappa shape index (κ1) is 18.6. The molecule has 0 fully saturated rings. The standard InChI is InChI=1S/C17H18ClN7O2/c1-9-14(24-25(3)23-9)10-6-5-7-11(16(10)27-4)20-12-8-13(18)21-22-15(12)17(26)19-2/h5-8H,1-4H3,(H,19,26)(H,20,21). The molecular weight excluding hydrogens is 370 g/mol. The Morgan fingerprint density at radius 2 is 2.00 bits per heavy atom. The summed E-state index contributed by atoms with van der Waals surface area (Å²) in [5.41, 5.74) is 3.38. The molecule has 0 spiro atoms. The Morgan fingerprint density at radius 1 is 1.22 bits per heavy atom. The van der Waals surface area contributed by atoms with E-state index in [1.807, 2.05) is 25.1 Å². The van der Waals surface area contributed by atoms with E-state index in [0.717, 1.165) is 11.3 Å². The van der Waals surface area contributed by atoms with E-state index in [2.05, 4.69) is 31.0 Å². The number of amides is 1. The molecule has 0 bridgehead atoms. The third-order valence-electron chi connectivity index (χ3n) is 3.83. The quantitative estimate of drug-likeness (QED) is 0.691. The van der Waals surface area contributed by atoms with E-state index in [1.54, 1.807) is 14.2 Å². The molecule has 0 saturated carbocycles. The van der Waals surface area contributed by atoms with Crippen molar-refractivity contribution < 1.29 is 9.53 Å². The SMILES string of the molecule is CNC(=O)c1nnc(Cl)cc1Nc1cccc(-c2nn(C)nc2C)c1OC. The normalized spacial score (nSPS) is 10.6. The fraction of sp³-hybridized carbons (Fsp3) is 0.235. The number of carbonyl (C=O) groups is 1. The molecule has 0 aliphatic heterocycles. The monoisotopic (exact) mass is 387 g/mol. The van der Waals surface area contributed by atoms with Gasteiger partial charge >= 0.3 is 0 Å². The molecule has 3 rings (SSSR count). The first-order chi connectivity index (χ1) is 12.9. The molecule has 0 unspecified atom stereocenters. The highest BCUT2D eigenvalue weighted by molar-refractivity contribution is 6.29.